The summed E-state index contributed by atoms with van der Waals surface area (Å²) < 4.78 is 0. The van der Waals surface area contributed by atoms with Crippen LogP contribution in [0.25, 0.3) is 0 Å². The predicted octanol–water partition coefficient (Wildman–Crippen LogP) is 2.03. The number of allylic oxidation sites excluding steroid dienone is 2. The topological polar surface area (TPSA) is 20.3 Å². The molecule has 1 aliphatic heterocycles. The molecule has 2 heteroatoms. The number of carbonyl (C=O) groups is 1. The largest absolute Gasteiger partial charge is 0.303 e. The molecule has 0 aromatic carbocycles. The smallest absolute Gasteiger partial charge is 0.181 e. The molecule has 2 aliphatic rings. The third-order valence-corrected chi connectivity index (χ3v) is 3.69. The van der Waals surface area contributed by atoms with Gasteiger partial charge in [0.2, 0.25) is 0 Å². The summed E-state index contributed by atoms with van der Waals surface area (Å²) in [4.78, 5) is 14.0. The van der Waals surface area contributed by atoms with Crippen LogP contribution in [0.3, 0.4) is 0 Å². The zero-order chi connectivity index (χ0) is 11.1. The van der Waals surface area contributed by atoms with Gasteiger partial charge in [0.25, 0.3) is 0 Å². The highest BCUT2D eigenvalue weighted by Gasteiger charge is 2.36. The maximum Gasteiger partial charge on any atom is 0.181 e. The molecule has 2 rings (SSSR count). The normalized spacial score (nSPS) is 30.4. The Kier molecular flexibility index (Phi) is 2.55. The van der Waals surface area contributed by atoms with Crippen molar-refractivity contribution in [3.8, 4) is 0 Å². The first-order valence-electron chi connectivity index (χ1n) is 5.65. The van der Waals surface area contributed by atoms with E-state index in [1.54, 1.807) is 6.08 Å². The molecule has 1 aliphatic carbocycles. The van der Waals surface area contributed by atoms with Crippen molar-refractivity contribution in [2.75, 3.05) is 19.6 Å². The van der Waals surface area contributed by atoms with E-state index in [9.17, 15) is 4.79 Å². The van der Waals surface area contributed by atoms with Gasteiger partial charge < -0.3 is 4.90 Å². The highest BCUT2D eigenvalue weighted by molar-refractivity contribution is 6.05. The van der Waals surface area contributed by atoms with Crippen LogP contribution >= 0.6 is 0 Å². The highest BCUT2D eigenvalue weighted by atomic mass is 16.1. The van der Waals surface area contributed by atoms with Crippen LogP contribution in [-0.2, 0) is 4.79 Å². The van der Waals surface area contributed by atoms with E-state index in [-0.39, 0.29) is 17.1 Å². The van der Waals surface area contributed by atoms with Crippen LogP contribution in [0.15, 0.2) is 24.3 Å². The predicted molar refractivity (Wildman–Crippen MR) is 61.6 cm³/mol. The first-order valence-corrected chi connectivity index (χ1v) is 5.65. The lowest BCUT2D eigenvalue weighted by Crippen LogP contribution is -2.45. The van der Waals surface area contributed by atoms with E-state index in [0.29, 0.717) is 0 Å². The molecule has 1 heterocycles. The minimum atomic E-state index is 0.0700. The van der Waals surface area contributed by atoms with Crippen LogP contribution in [0.5, 0.6) is 0 Å². The van der Waals surface area contributed by atoms with Crippen molar-refractivity contribution in [1.29, 1.82) is 0 Å². The summed E-state index contributed by atoms with van der Waals surface area (Å²) in [5.41, 5.74) is 0.857. The second kappa shape index (κ2) is 3.60. The van der Waals surface area contributed by atoms with Gasteiger partial charge in [-0.3, -0.25) is 4.79 Å². The van der Waals surface area contributed by atoms with E-state index in [1.165, 1.54) is 19.5 Å². The van der Waals surface area contributed by atoms with Gasteiger partial charge in [-0.25, -0.2) is 0 Å². The summed E-state index contributed by atoms with van der Waals surface area (Å²) in [5.74, 6) is 0.398. The Morgan fingerprint density at radius 1 is 1.53 bits per heavy atom. The Balaban J connectivity index is 2.15. The summed E-state index contributed by atoms with van der Waals surface area (Å²) in [6, 6.07) is 0. The molecule has 0 aromatic heterocycles. The minimum Gasteiger partial charge on any atom is -0.303 e. The molecule has 0 spiro atoms. The van der Waals surface area contributed by atoms with Gasteiger partial charge in [-0.05, 0) is 36.6 Å². The molecule has 0 N–H and O–H groups in total. The van der Waals surface area contributed by atoms with Gasteiger partial charge >= 0.3 is 0 Å². The van der Waals surface area contributed by atoms with E-state index in [1.807, 2.05) is 6.08 Å². The molecule has 1 fully saturated rings. The Hall–Kier alpha value is -0.890. The average Bonchev–Trinajstić information content (AvgIpc) is 2.09. The fourth-order valence-electron chi connectivity index (χ4n) is 2.30. The van der Waals surface area contributed by atoms with E-state index in [2.05, 4.69) is 25.3 Å². The van der Waals surface area contributed by atoms with Gasteiger partial charge in [0.05, 0.1) is 0 Å². The van der Waals surface area contributed by atoms with Crippen LogP contribution in [0.1, 0.15) is 20.3 Å². The van der Waals surface area contributed by atoms with E-state index < -0.39 is 0 Å². The molecule has 15 heavy (non-hydrogen) atoms. The van der Waals surface area contributed by atoms with Crippen molar-refractivity contribution in [1.82, 2.24) is 4.90 Å². The van der Waals surface area contributed by atoms with Crippen molar-refractivity contribution < 1.29 is 4.79 Å². The number of likely N-dealkylation sites (tertiary alicyclic amines) is 1. The molecule has 0 radical (unpaired) electrons. The standard InChI is InChI=1S/C13H19NO/c1-10-11(9-14-7-4-8-14)13(2,3)6-5-12(10)15/h5-6,11H,1,4,7-9H2,2-3H3. The first-order chi connectivity index (χ1) is 7.00. The van der Waals surface area contributed by atoms with Crippen molar-refractivity contribution in [2.45, 2.75) is 20.3 Å². The van der Waals surface area contributed by atoms with Crippen molar-refractivity contribution in [3.05, 3.63) is 24.3 Å². The molecule has 82 valence electrons. The Morgan fingerprint density at radius 3 is 2.73 bits per heavy atom. The quantitative estimate of drug-likeness (QED) is 0.643. The van der Waals surface area contributed by atoms with Gasteiger partial charge in [-0.2, -0.15) is 0 Å². The molecule has 0 amide bonds. The molecular weight excluding hydrogens is 186 g/mol. The van der Waals surface area contributed by atoms with Gasteiger partial charge in [0.15, 0.2) is 5.78 Å². The maximum absolute atomic E-state index is 11.6. The molecule has 1 atom stereocenters. The maximum atomic E-state index is 11.6. The van der Waals surface area contributed by atoms with Crippen LogP contribution in [0.2, 0.25) is 0 Å². The van der Waals surface area contributed by atoms with Crippen LogP contribution in [-0.4, -0.2) is 30.3 Å². The molecular formula is C13H19NO. The second-order valence-corrected chi connectivity index (χ2v) is 5.25. The molecule has 0 bridgehead atoms. The van der Waals surface area contributed by atoms with Crippen molar-refractivity contribution >= 4 is 5.78 Å². The van der Waals surface area contributed by atoms with Gasteiger partial charge in [-0.15, -0.1) is 0 Å². The summed E-state index contributed by atoms with van der Waals surface area (Å²) >= 11 is 0. The number of nitrogens with zero attached hydrogens (tertiary/aromatic N) is 1. The monoisotopic (exact) mass is 205 g/mol. The van der Waals surface area contributed by atoms with Gasteiger partial charge in [-0.1, -0.05) is 26.5 Å². The van der Waals surface area contributed by atoms with Gasteiger partial charge in [0.1, 0.15) is 0 Å². The third kappa shape index (κ3) is 1.91. The van der Waals surface area contributed by atoms with Crippen molar-refractivity contribution in [3.63, 3.8) is 0 Å². The highest BCUT2D eigenvalue weighted by Crippen LogP contribution is 2.38. The van der Waals surface area contributed by atoms with Crippen LogP contribution in [0.4, 0.5) is 0 Å². The first kappa shape index (κ1) is 10.6. The molecule has 0 saturated carbocycles. The summed E-state index contributed by atoms with van der Waals surface area (Å²) in [6.45, 7) is 11.7. The van der Waals surface area contributed by atoms with Crippen molar-refractivity contribution in [2.24, 2.45) is 11.3 Å². The zero-order valence-electron chi connectivity index (χ0n) is 9.62. The summed E-state index contributed by atoms with van der Waals surface area (Å²) in [5, 5.41) is 0. The van der Waals surface area contributed by atoms with Crippen LogP contribution in [0, 0.1) is 11.3 Å². The minimum absolute atomic E-state index is 0.0700. The SMILES string of the molecule is C=C1C(=O)C=CC(C)(C)C1CN1CCC1. The third-order valence-electron chi connectivity index (χ3n) is 3.69. The Bertz CT molecular complexity index is 323. The fraction of sp³-hybridized carbons (Fsp3) is 0.615. The zero-order valence-corrected chi connectivity index (χ0v) is 9.62. The summed E-state index contributed by atoms with van der Waals surface area (Å²) in [7, 11) is 0. The number of hydrogen-bond acceptors (Lipinski definition) is 2. The molecule has 2 nitrogen and oxygen atoms in total. The lowest BCUT2D eigenvalue weighted by atomic mass is 9.70. The lowest BCUT2D eigenvalue weighted by Gasteiger charge is -2.41. The number of hydrogen-bond donors (Lipinski definition) is 0. The Morgan fingerprint density at radius 2 is 2.20 bits per heavy atom. The number of ketones is 1. The van der Waals surface area contributed by atoms with E-state index >= 15 is 0 Å². The molecule has 1 saturated heterocycles. The fourth-order valence-corrected chi connectivity index (χ4v) is 2.30. The number of rotatable bonds is 2. The van der Waals surface area contributed by atoms with Gasteiger partial charge in [0, 0.05) is 12.5 Å². The number of carbonyl (C=O) groups excluding carboxylic acids is 1. The van der Waals surface area contributed by atoms with E-state index in [0.717, 1.165) is 12.1 Å². The average molecular weight is 205 g/mol. The molecule has 0 aromatic rings. The summed E-state index contributed by atoms with van der Waals surface area (Å²) in [6.07, 6.45) is 5.01. The molecule has 1 unspecified atom stereocenters. The second-order valence-electron chi connectivity index (χ2n) is 5.25. The Labute approximate surface area is 91.6 Å². The van der Waals surface area contributed by atoms with E-state index in [4.69, 9.17) is 0 Å². The lowest BCUT2D eigenvalue weighted by molar-refractivity contribution is -0.112. The van der Waals surface area contributed by atoms with Crippen LogP contribution < -0.4 is 0 Å².